The third-order valence-electron chi connectivity index (χ3n) is 4.27. The van der Waals surface area contributed by atoms with Crippen molar-refractivity contribution in [3.8, 4) is 0 Å². The summed E-state index contributed by atoms with van der Waals surface area (Å²) in [4.78, 5) is 12.3. The van der Waals surface area contributed by atoms with E-state index in [2.05, 4.69) is 5.32 Å². The van der Waals surface area contributed by atoms with Gasteiger partial charge in [-0.2, -0.15) is 0 Å². The summed E-state index contributed by atoms with van der Waals surface area (Å²) < 4.78 is 38.1. The summed E-state index contributed by atoms with van der Waals surface area (Å²) in [5.74, 6) is -0.522. The van der Waals surface area contributed by atoms with Crippen LogP contribution in [0.25, 0.3) is 0 Å². The summed E-state index contributed by atoms with van der Waals surface area (Å²) in [6.45, 7) is 2.37. The van der Waals surface area contributed by atoms with Gasteiger partial charge in [-0.05, 0) is 54.3 Å². The molecule has 3 rings (SSSR count). The summed E-state index contributed by atoms with van der Waals surface area (Å²) in [7, 11) is -3.30. The van der Waals surface area contributed by atoms with Crippen LogP contribution in [0.3, 0.4) is 0 Å². The molecule has 0 saturated heterocycles. The van der Waals surface area contributed by atoms with Gasteiger partial charge in [-0.3, -0.25) is 9.10 Å². The number of rotatable bonds is 4. The van der Waals surface area contributed by atoms with Crippen LogP contribution in [0.4, 0.5) is 10.1 Å². The van der Waals surface area contributed by atoms with E-state index in [-0.39, 0.29) is 11.7 Å². The number of anilines is 1. The Bertz CT molecular complexity index is 941. The van der Waals surface area contributed by atoms with E-state index in [1.54, 1.807) is 37.3 Å². The zero-order valence-electron chi connectivity index (χ0n) is 14.0. The highest BCUT2D eigenvalue weighted by Crippen LogP contribution is 2.30. The molecule has 1 aliphatic heterocycles. The highest BCUT2D eigenvalue weighted by atomic mass is 32.2. The molecule has 132 valence electrons. The Morgan fingerprint density at radius 3 is 2.68 bits per heavy atom. The first-order valence-corrected chi connectivity index (χ1v) is 9.74. The maximum absolute atomic E-state index is 13.3. The molecule has 0 saturated carbocycles. The van der Waals surface area contributed by atoms with Gasteiger partial charge in [-0.15, -0.1) is 0 Å². The molecule has 0 aliphatic carbocycles. The van der Waals surface area contributed by atoms with Crippen LogP contribution in [-0.4, -0.2) is 27.1 Å². The topological polar surface area (TPSA) is 66.5 Å². The van der Waals surface area contributed by atoms with Crippen molar-refractivity contribution < 1.29 is 17.6 Å². The highest BCUT2D eigenvalue weighted by Gasteiger charge is 2.26. The van der Waals surface area contributed by atoms with Gasteiger partial charge >= 0.3 is 0 Å². The number of carbonyl (C=O) groups excluding carboxylic acids is 1. The van der Waals surface area contributed by atoms with E-state index in [0.717, 1.165) is 11.1 Å². The third kappa shape index (κ3) is 3.66. The van der Waals surface area contributed by atoms with Crippen LogP contribution < -0.4 is 9.62 Å². The first kappa shape index (κ1) is 17.4. The van der Waals surface area contributed by atoms with Gasteiger partial charge in [0.05, 0.1) is 11.9 Å². The fourth-order valence-electron chi connectivity index (χ4n) is 2.96. The Kier molecular flexibility index (Phi) is 4.51. The van der Waals surface area contributed by atoms with E-state index in [4.69, 9.17) is 0 Å². The predicted octanol–water partition coefficient (Wildman–Crippen LogP) is 2.39. The summed E-state index contributed by atoms with van der Waals surface area (Å²) in [5, 5.41) is 2.80. The van der Waals surface area contributed by atoms with Crippen molar-refractivity contribution in [3.05, 3.63) is 64.5 Å². The molecule has 7 heteroatoms. The molecular formula is C18H19FN2O3S. The quantitative estimate of drug-likeness (QED) is 0.908. The lowest BCUT2D eigenvalue weighted by atomic mass is 10.1. The second-order valence-electron chi connectivity index (χ2n) is 6.19. The molecule has 5 nitrogen and oxygen atoms in total. The first-order chi connectivity index (χ1) is 11.8. The van der Waals surface area contributed by atoms with Gasteiger partial charge in [0.1, 0.15) is 5.82 Å². The van der Waals surface area contributed by atoms with Gasteiger partial charge in [-0.1, -0.05) is 12.1 Å². The summed E-state index contributed by atoms with van der Waals surface area (Å²) >= 11 is 0. The standard InChI is InChI=1S/C18H19FN2O3S/c1-12-9-13(3-5-16(12)19)11-20-18(22)15-4-6-17-14(10-15)7-8-21(17)25(2,23)24/h3-6,9-10H,7-8,11H2,1-2H3,(H,20,22). The van der Waals surface area contributed by atoms with Gasteiger partial charge in [0.15, 0.2) is 0 Å². The van der Waals surface area contributed by atoms with Crippen molar-refractivity contribution in [3.63, 3.8) is 0 Å². The molecule has 1 amide bonds. The average Bonchev–Trinajstić information content (AvgIpc) is 2.99. The molecule has 0 aromatic heterocycles. The zero-order chi connectivity index (χ0) is 18.2. The van der Waals surface area contributed by atoms with Crippen molar-refractivity contribution in [2.45, 2.75) is 19.9 Å². The maximum Gasteiger partial charge on any atom is 0.251 e. The van der Waals surface area contributed by atoms with Crippen molar-refractivity contribution in [2.75, 3.05) is 17.1 Å². The second-order valence-corrected chi connectivity index (χ2v) is 8.10. The summed E-state index contributed by atoms with van der Waals surface area (Å²) in [6, 6.07) is 9.73. The number of sulfonamides is 1. The molecule has 1 N–H and O–H groups in total. The summed E-state index contributed by atoms with van der Waals surface area (Å²) in [5.41, 5.74) is 3.30. The van der Waals surface area contributed by atoms with Crippen LogP contribution in [0.5, 0.6) is 0 Å². The van der Waals surface area contributed by atoms with Crippen LogP contribution in [0.2, 0.25) is 0 Å². The number of hydrogen-bond acceptors (Lipinski definition) is 3. The minimum absolute atomic E-state index is 0.248. The third-order valence-corrected chi connectivity index (χ3v) is 5.45. The predicted molar refractivity (Wildman–Crippen MR) is 94.6 cm³/mol. The first-order valence-electron chi connectivity index (χ1n) is 7.89. The van der Waals surface area contributed by atoms with E-state index in [0.29, 0.717) is 36.3 Å². The molecule has 2 aromatic rings. The number of carbonyl (C=O) groups is 1. The van der Waals surface area contributed by atoms with E-state index in [1.165, 1.54) is 16.6 Å². The number of nitrogens with one attached hydrogen (secondary N) is 1. The number of hydrogen-bond donors (Lipinski definition) is 1. The van der Waals surface area contributed by atoms with E-state index in [9.17, 15) is 17.6 Å². The Morgan fingerprint density at radius 2 is 2.00 bits per heavy atom. The van der Waals surface area contributed by atoms with E-state index < -0.39 is 10.0 Å². The summed E-state index contributed by atoms with van der Waals surface area (Å²) in [6.07, 6.45) is 1.76. The molecule has 0 radical (unpaired) electrons. The molecule has 1 heterocycles. The molecule has 0 spiro atoms. The van der Waals surface area contributed by atoms with Gasteiger partial charge in [0, 0.05) is 18.7 Å². The number of fused-ring (bicyclic) bond motifs is 1. The second kappa shape index (κ2) is 6.48. The lowest BCUT2D eigenvalue weighted by Gasteiger charge is -2.16. The molecule has 0 fully saturated rings. The molecule has 0 unspecified atom stereocenters. The Labute approximate surface area is 146 Å². The maximum atomic E-state index is 13.3. The van der Waals surface area contributed by atoms with Crippen LogP contribution in [0.15, 0.2) is 36.4 Å². The molecular weight excluding hydrogens is 343 g/mol. The van der Waals surface area contributed by atoms with Gasteiger partial charge < -0.3 is 5.32 Å². The highest BCUT2D eigenvalue weighted by molar-refractivity contribution is 7.92. The van der Waals surface area contributed by atoms with Gasteiger partial charge in [0.2, 0.25) is 10.0 Å². The molecule has 2 aromatic carbocycles. The number of aryl methyl sites for hydroxylation is 1. The molecule has 25 heavy (non-hydrogen) atoms. The Hall–Kier alpha value is -2.41. The monoisotopic (exact) mass is 362 g/mol. The lowest BCUT2D eigenvalue weighted by Crippen LogP contribution is -2.27. The number of nitrogens with zero attached hydrogens (tertiary/aromatic N) is 1. The van der Waals surface area contributed by atoms with Gasteiger partial charge in [-0.25, -0.2) is 12.8 Å². The van der Waals surface area contributed by atoms with E-state index >= 15 is 0 Å². The minimum Gasteiger partial charge on any atom is -0.348 e. The smallest absolute Gasteiger partial charge is 0.251 e. The normalized spacial score (nSPS) is 13.6. The van der Waals surface area contributed by atoms with Crippen molar-refractivity contribution >= 4 is 21.6 Å². The SMILES string of the molecule is Cc1cc(CNC(=O)c2ccc3c(c2)CCN3S(C)(=O)=O)ccc1F. The van der Waals surface area contributed by atoms with Crippen molar-refractivity contribution in [2.24, 2.45) is 0 Å². The lowest BCUT2D eigenvalue weighted by molar-refractivity contribution is 0.0951. The molecule has 0 bridgehead atoms. The average molecular weight is 362 g/mol. The van der Waals surface area contributed by atoms with Crippen molar-refractivity contribution in [1.29, 1.82) is 0 Å². The molecule has 1 aliphatic rings. The van der Waals surface area contributed by atoms with Crippen LogP contribution in [-0.2, 0) is 23.0 Å². The van der Waals surface area contributed by atoms with E-state index in [1.807, 2.05) is 0 Å². The van der Waals surface area contributed by atoms with Gasteiger partial charge in [0.25, 0.3) is 5.91 Å². The number of benzene rings is 2. The Morgan fingerprint density at radius 1 is 1.24 bits per heavy atom. The Balaban J connectivity index is 1.72. The fourth-order valence-corrected chi connectivity index (χ4v) is 3.92. The van der Waals surface area contributed by atoms with Crippen LogP contribution in [0, 0.1) is 12.7 Å². The largest absolute Gasteiger partial charge is 0.348 e. The zero-order valence-corrected chi connectivity index (χ0v) is 14.9. The number of amides is 1. The fraction of sp³-hybridized carbons (Fsp3) is 0.278. The van der Waals surface area contributed by atoms with Crippen LogP contribution >= 0.6 is 0 Å². The minimum atomic E-state index is -3.30. The van der Waals surface area contributed by atoms with Crippen LogP contribution in [0.1, 0.15) is 27.0 Å². The van der Waals surface area contributed by atoms with Crippen molar-refractivity contribution in [1.82, 2.24) is 5.32 Å². The number of halogens is 1. The molecule has 0 atom stereocenters.